The van der Waals surface area contributed by atoms with Crippen molar-refractivity contribution in [2.75, 3.05) is 24.5 Å². The first-order valence-electron chi connectivity index (χ1n) is 6.31. The molecule has 1 aromatic carbocycles. The summed E-state index contributed by atoms with van der Waals surface area (Å²) in [6, 6.07) is 6.08. The number of hydrogen-bond acceptors (Lipinski definition) is 4. The van der Waals surface area contributed by atoms with Gasteiger partial charge in [-0.05, 0) is 24.1 Å². The Bertz CT molecular complexity index is 528. The zero-order chi connectivity index (χ0) is 15.8. The predicted molar refractivity (Wildman–Crippen MR) is 80.8 cm³/mol. The Morgan fingerprint density at radius 2 is 1.90 bits per heavy atom. The minimum Gasteiger partial charge on any atom is -0.478 e. The highest BCUT2D eigenvalue weighted by Gasteiger charge is 2.17. The molecule has 1 aliphatic heterocycles. The Balaban J connectivity index is 0.000000240. The molecule has 0 bridgehead atoms. The van der Waals surface area contributed by atoms with Crippen molar-refractivity contribution in [1.29, 1.82) is 0 Å². The van der Waals surface area contributed by atoms with E-state index in [-0.39, 0.29) is 0 Å². The van der Waals surface area contributed by atoms with E-state index in [4.69, 9.17) is 27.5 Å². The number of carboxylic acids is 2. The predicted octanol–water partition coefficient (Wildman–Crippen LogP) is 1.37. The van der Waals surface area contributed by atoms with Crippen molar-refractivity contribution in [1.82, 2.24) is 0 Å². The molecule has 7 heteroatoms. The fourth-order valence-corrected chi connectivity index (χ4v) is 2.12. The molecule has 0 saturated carbocycles. The number of benzene rings is 1. The molecule has 2 rings (SSSR count). The van der Waals surface area contributed by atoms with Gasteiger partial charge in [-0.2, -0.15) is 0 Å². The van der Waals surface area contributed by atoms with Gasteiger partial charge in [0.05, 0.1) is 0 Å². The Morgan fingerprint density at radius 3 is 2.43 bits per heavy atom. The van der Waals surface area contributed by atoms with Crippen LogP contribution in [0.5, 0.6) is 0 Å². The lowest BCUT2D eigenvalue weighted by Crippen LogP contribution is -2.27. The lowest BCUT2D eigenvalue weighted by Gasteiger charge is -2.17. The number of anilines is 1. The smallest absolute Gasteiger partial charge is 0.328 e. The van der Waals surface area contributed by atoms with E-state index in [1.807, 2.05) is 12.1 Å². The van der Waals surface area contributed by atoms with E-state index >= 15 is 0 Å². The first-order valence-corrected chi connectivity index (χ1v) is 6.69. The summed E-state index contributed by atoms with van der Waals surface area (Å²) in [5, 5.41) is 16.4. The SMILES string of the molecule is NCCN1CCc2ccc(Cl)cc21.O=C(O)C=CC(=O)O. The fourth-order valence-electron chi connectivity index (χ4n) is 1.95. The van der Waals surface area contributed by atoms with Gasteiger partial charge in [-0.1, -0.05) is 17.7 Å². The summed E-state index contributed by atoms with van der Waals surface area (Å²) in [7, 11) is 0. The van der Waals surface area contributed by atoms with Crippen LogP contribution in [0.2, 0.25) is 5.02 Å². The standard InChI is InChI=1S/C10H13ClN2.C4H4O4/c11-9-2-1-8-3-5-13(6-4-12)10(8)7-9;5-3(6)1-2-4(7)8/h1-2,7H,3-6,12H2;1-2H,(H,5,6)(H,7,8). The third-order valence-electron chi connectivity index (χ3n) is 2.81. The molecule has 114 valence electrons. The van der Waals surface area contributed by atoms with Crippen LogP contribution in [0.3, 0.4) is 0 Å². The number of hydrogen-bond donors (Lipinski definition) is 3. The molecule has 0 saturated heterocycles. The van der Waals surface area contributed by atoms with Gasteiger partial charge < -0.3 is 20.8 Å². The quantitative estimate of drug-likeness (QED) is 0.725. The van der Waals surface area contributed by atoms with Crippen LogP contribution in [0.1, 0.15) is 5.56 Å². The van der Waals surface area contributed by atoms with Gasteiger partial charge in [0.1, 0.15) is 0 Å². The molecule has 0 aromatic heterocycles. The van der Waals surface area contributed by atoms with E-state index in [1.54, 1.807) is 0 Å². The molecular formula is C14H17ClN2O4. The number of nitrogens with two attached hydrogens (primary N) is 1. The van der Waals surface area contributed by atoms with Crippen molar-refractivity contribution in [2.45, 2.75) is 6.42 Å². The van der Waals surface area contributed by atoms with Crippen LogP contribution in [0.4, 0.5) is 5.69 Å². The number of halogens is 1. The average molecular weight is 313 g/mol. The van der Waals surface area contributed by atoms with Crippen LogP contribution in [0.15, 0.2) is 30.4 Å². The van der Waals surface area contributed by atoms with Gasteiger partial charge in [-0.25, -0.2) is 9.59 Å². The number of rotatable bonds is 4. The van der Waals surface area contributed by atoms with E-state index in [9.17, 15) is 9.59 Å². The summed E-state index contributed by atoms with van der Waals surface area (Å²) >= 11 is 5.93. The zero-order valence-corrected chi connectivity index (χ0v) is 12.1. The molecule has 0 spiro atoms. The van der Waals surface area contributed by atoms with Gasteiger partial charge in [-0.3, -0.25) is 0 Å². The van der Waals surface area contributed by atoms with Crippen LogP contribution in [0, 0.1) is 0 Å². The van der Waals surface area contributed by atoms with E-state index < -0.39 is 11.9 Å². The number of fused-ring (bicyclic) bond motifs is 1. The lowest BCUT2D eigenvalue weighted by molar-refractivity contribution is -0.134. The normalized spacial score (nSPS) is 12.8. The monoisotopic (exact) mass is 312 g/mol. The summed E-state index contributed by atoms with van der Waals surface area (Å²) in [6.07, 6.45) is 2.23. The van der Waals surface area contributed by atoms with E-state index in [1.165, 1.54) is 11.3 Å². The maximum atomic E-state index is 9.55. The maximum absolute atomic E-state index is 9.55. The minimum atomic E-state index is -1.26. The van der Waals surface area contributed by atoms with Crippen molar-refractivity contribution in [2.24, 2.45) is 5.73 Å². The molecule has 0 aliphatic carbocycles. The molecule has 6 nitrogen and oxygen atoms in total. The van der Waals surface area contributed by atoms with Crippen molar-refractivity contribution >= 4 is 29.2 Å². The summed E-state index contributed by atoms with van der Waals surface area (Å²) in [5.74, 6) is -2.51. The molecule has 0 radical (unpaired) electrons. The average Bonchev–Trinajstić information content (AvgIpc) is 2.80. The second-order valence-corrected chi connectivity index (χ2v) is 4.75. The van der Waals surface area contributed by atoms with Gasteiger partial charge in [0.25, 0.3) is 0 Å². The van der Waals surface area contributed by atoms with E-state index in [0.717, 1.165) is 24.5 Å². The molecule has 0 unspecified atom stereocenters. The van der Waals surface area contributed by atoms with Crippen LogP contribution in [-0.2, 0) is 16.0 Å². The van der Waals surface area contributed by atoms with Gasteiger partial charge in [0, 0.05) is 42.5 Å². The Labute approximate surface area is 127 Å². The maximum Gasteiger partial charge on any atom is 0.328 e. The summed E-state index contributed by atoms with van der Waals surface area (Å²) in [4.78, 5) is 21.4. The molecule has 4 N–H and O–H groups in total. The number of aliphatic carboxylic acids is 2. The van der Waals surface area contributed by atoms with Crippen LogP contribution in [0.25, 0.3) is 0 Å². The minimum absolute atomic E-state index is 0.558. The molecule has 0 amide bonds. The Hall–Kier alpha value is -2.05. The second kappa shape index (κ2) is 8.28. The molecule has 1 heterocycles. The molecule has 1 aromatic rings. The van der Waals surface area contributed by atoms with Crippen molar-refractivity contribution in [3.63, 3.8) is 0 Å². The summed E-state index contributed by atoms with van der Waals surface area (Å²) < 4.78 is 0. The van der Waals surface area contributed by atoms with Gasteiger partial charge in [-0.15, -0.1) is 0 Å². The van der Waals surface area contributed by atoms with Crippen molar-refractivity contribution < 1.29 is 19.8 Å². The van der Waals surface area contributed by atoms with Crippen LogP contribution >= 0.6 is 11.6 Å². The third kappa shape index (κ3) is 5.85. The topological polar surface area (TPSA) is 104 Å². The zero-order valence-electron chi connectivity index (χ0n) is 11.3. The van der Waals surface area contributed by atoms with Crippen molar-refractivity contribution in [3.8, 4) is 0 Å². The van der Waals surface area contributed by atoms with Gasteiger partial charge in [0.15, 0.2) is 0 Å². The van der Waals surface area contributed by atoms with Crippen LogP contribution in [-0.4, -0.2) is 41.8 Å². The molecular weight excluding hydrogens is 296 g/mol. The van der Waals surface area contributed by atoms with Gasteiger partial charge >= 0.3 is 11.9 Å². The highest BCUT2D eigenvalue weighted by Crippen LogP contribution is 2.30. The second-order valence-electron chi connectivity index (χ2n) is 4.31. The van der Waals surface area contributed by atoms with Crippen LogP contribution < -0.4 is 10.6 Å². The number of carbonyl (C=O) groups is 2. The fraction of sp³-hybridized carbons (Fsp3) is 0.286. The van der Waals surface area contributed by atoms with E-state index in [2.05, 4.69) is 11.0 Å². The number of carboxylic acid groups (broad SMARTS) is 2. The largest absolute Gasteiger partial charge is 0.478 e. The van der Waals surface area contributed by atoms with E-state index in [0.29, 0.717) is 18.7 Å². The molecule has 21 heavy (non-hydrogen) atoms. The lowest BCUT2D eigenvalue weighted by atomic mass is 10.2. The Morgan fingerprint density at radius 1 is 1.29 bits per heavy atom. The first-order chi connectivity index (χ1) is 9.93. The molecule has 0 atom stereocenters. The summed E-state index contributed by atoms with van der Waals surface area (Å²) in [6.45, 7) is 2.70. The third-order valence-corrected chi connectivity index (χ3v) is 3.04. The van der Waals surface area contributed by atoms with Gasteiger partial charge in [0.2, 0.25) is 0 Å². The molecule has 0 fully saturated rings. The summed E-state index contributed by atoms with van der Waals surface area (Å²) in [5.41, 5.74) is 8.18. The highest BCUT2D eigenvalue weighted by atomic mass is 35.5. The number of nitrogens with zero attached hydrogens (tertiary/aromatic N) is 1. The first kappa shape index (κ1) is 17.0. The molecule has 1 aliphatic rings. The van der Waals surface area contributed by atoms with Crippen molar-refractivity contribution in [3.05, 3.63) is 40.9 Å². The Kier molecular flexibility index (Phi) is 6.71. The highest BCUT2D eigenvalue weighted by molar-refractivity contribution is 6.30.